The molecular weight excluding hydrogens is 448 g/mol. The van der Waals surface area contributed by atoms with Gasteiger partial charge in [0.15, 0.2) is 5.84 Å². The van der Waals surface area contributed by atoms with Crippen LogP contribution in [0.15, 0.2) is 76.9 Å². The van der Waals surface area contributed by atoms with Crippen LogP contribution < -0.4 is 9.47 Å². The Hall–Kier alpha value is -3.65. The van der Waals surface area contributed by atoms with Crippen LogP contribution in [-0.4, -0.2) is 40.2 Å². The number of ether oxygens (including phenoxy) is 2. The summed E-state index contributed by atoms with van der Waals surface area (Å²) in [7, 11) is 0. The van der Waals surface area contributed by atoms with E-state index in [-0.39, 0.29) is 17.3 Å². The smallest absolute Gasteiger partial charge is 0.283 e. The Balaban J connectivity index is 1.46. The molecule has 0 spiro atoms. The van der Waals surface area contributed by atoms with Crippen LogP contribution in [0.5, 0.6) is 11.5 Å². The number of amides is 1. The number of carbonyl (C=O) groups is 1. The lowest BCUT2D eigenvalue weighted by molar-refractivity contribution is -0.114. The molecule has 0 aliphatic carbocycles. The Morgan fingerprint density at radius 3 is 2.50 bits per heavy atom. The van der Waals surface area contributed by atoms with Crippen molar-refractivity contribution in [1.29, 1.82) is 5.41 Å². The molecule has 2 heterocycles. The lowest BCUT2D eigenvalue weighted by Gasteiger charge is -2.20. The van der Waals surface area contributed by atoms with E-state index in [1.807, 2.05) is 68.5 Å². The summed E-state index contributed by atoms with van der Waals surface area (Å²) < 4.78 is 11.8. The number of amidine groups is 2. The topological polar surface area (TPSA) is 87.3 Å². The summed E-state index contributed by atoms with van der Waals surface area (Å²) in [5.74, 6) is 1.14. The number of hydrogen-bond donors (Lipinski definition) is 1. The molecule has 34 heavy (non-hydrogen) atoms. The van der Waals surface area contributed by atoms with Crippen molar-refractivity contribution in [3.63, 3.8) is 0 Å². The van der Waals surface area contributed by atoms with Gasteiger partial charge in [-0.15, -0.1) is 6.58 Å². The molecule has 0 saturated heterocycles. The molecule has 7 nitrogen and oxygen atoms in total. The van der Waals surface area contributed by atoms with Crippen molar-refractivity contribution in [2.75, 3.05) is 13.2 Å². The van der Waals surface area contributed by atoms with Crippen molar-refractivity contribution in [2.45, 2.75) is 20.3 Å². The van der Waals surface area contributed by atoms with Crippen molar-refractivity contribution < 1.29 is 14.3 Å². The zero-order valence-corrected chi connectivity index (χ0v) is 20.0. The summed E-state index contributed by atoms with van der Waals surface area (Å²) in [4.78, 5) is 16.8. The van der Waals surface area contributed by atoms with E-state index in [1.54, 1.807) is 6.08 Å². The van der Waals surface area contributed by atoms with Crippen molar-refractivity contribution in [2.24, 2.45) is 16.0 Å². The number of aliphatic imine (C=N–C) groups is 1. The molecule has 0 bridgehead atoms. The SMILES string of the molecule is C=CCc1ccccc1OCCOc1ccccc1/C=C1/C(=N)N2N=C(C(C)C)SC2=NC1=O. The van der Waals surface area contributed by atoms with E-state index in [0.717, 1.165) is 22.8 Å². The number of para-hydroxylation sites is 2. The molecule has 0 atom stereocenters. The predicted molar refractivity (Wildman–Crippen MR) is 138 cm³/mol. The van der Waals surface area contributed by atoms with E-state index in [2.05, 4.69) is 16.7 Å². The minimum Gasteiger partial charge on any atom is -0.490 e. The number of hydrogen-bond acceptors (Lipinski definition) is 6. The molecule has 174 valence electrons. The minimum atomic E-state index is -0.457. The molecule has 0 fully saturated rings. The molecule has 2 aromatic rings. The number of thioether (sulfide) groups is 1. The van der Waals surface area contributed by atoms with Crippen LogP contribution in [0, 0.1) is 11.3 Å². The van der Waals surface area contributed by atoms with Crippen molar-refractivity contribution in [3.8, 4) is 11.5 Å². The number of rotatable bonds is 9. The van der Waals surface area contributed by atoms with Gasteiger partial charge in [-0.25, -0.2) is 0 Å². The highest BCUT2D eigenvalue weighted by atomic mass is 32.2. The highest BCUT2D eigenvalue weighted by Gasteiger charge is 2.36. The maximum absolute atomic E-state index is 12.7. The van der Waals surface area contributed by atoms with Crippen LogP contribution in [0.25, 0.3) is 6.08 Å². The van der Waals surface area contributed by atoms with Crippen LogP contribution >= 0.6 is 11.8 Å². The summed E-state index contributed by atoms with van der Waals surface area (Å²) in [6.07, 6.45) is 4.21. The maximum atomic E-state index is 12.7. The highest BCUT2D eigenvalue weighted by molar-refractivity contribution is 8.27. The Morgan fingerprint density at radius 1 is 1.09 bits per heavy atom. The Bertz CT molecular complexity index is 1220. The van der Waals surface area contributed by atoms with Gasteiger partial charge in [0, 0.05) is 11.5 Å². The molecule has 2 aliphatic rings. The van der Waals surface area contributed by atoms with Gasteiger partial charge in [-0.1, -0.05) is 56.3 Å². The first-order valence-corrected chi connectivity index (χ1v) is 11.8. The second-order valence-electron chi connectivity index (χ2n) is 7.95. The van der Waals surface area contributed by atoms with E-state index in [1.165, 1.54) is 16.8 Å². The largest absolute Gasteiger partial charge is 0.490 e. The van der Waals surface area contributed by atoms with Crippen LogP contribution in [-0.2, 0) is 11.2 Å². The zero-order valence-electron chi connectivity index (χ0n) is 19.2. The number of allylic oxidation sites excluding steroid dienone is 1. The van der Waals surface area contributed by atoms with Crippen molar-refractivity contribution >= 4 is 39.8 Å². The number of fused-ring (bicyclic) bond motifs is 1. The van der Waals surface area contributed by atoms with E-state index < -0.39 is 5.91 Å². The number of benzene rings is 2. The molecule has 1 amide bonds. The Kier molecular flexibility index (Phi) is 7.27. The van der Waals surface area contributed by atoms with Crippen molar-refractivity contribution in [1.82, 2.24) is 5.01 Å². The standard InChI is InChI=1S/C26H26N4O3S/c1-4-9-18-10-5-7-12-21(18)32-14-15-33-22-13-8-6-11-19(22)16-20-23(27)30-26(28-24(20)31)34-25(29-30)17(2)3/h4-8,10-13,16-17,27H,1,9,14-15H2,2-3H3/b20-16-,27-23?. The highest BCUT2D eigenvalue weighted by Crippen LogP contribution is 2.31. The molecule has 2 aliphatic heterocycles. The molecule has 4 rings (SSSR count). The first-order valence-electron chi connectivity index (χ1n) is 11.0. The van der Waals surface area contributed by atoms with E-state index in [0.29, 0.717) is 29.7 Å². The first-order chi connectivity index (χ1) is 16.5. The molecule has 0 aromatic heterocycles. The average molecular weight is 475 g/mol. The fourth-order valence-corrected chi connectivity index (χ4v) is 4.29. The summed E-state index contributed by atoms with van der Waals surface area (Å²) in [6, 6.07) is 15.2. The third-order valence-electron chi connectivity index (χ3n) is 5.12. The third kappa shape index (κ3) is 5.12. The van der Waals surface area contributed by atoms with Crippen LogP contribution in [0.4, 0.5) is 0 Å². The monoisotopic (exact) mass is 474 g/mol. The Morgan fingerprint density at radius 2 is 1.76 bits per heavy atom. The third-order valence-corrected chi connectivity index (χ3v) is 6.33. The first kappa shape index (κ1) is 23.5. The number of hydrazone groups is 1. The van der Waals surface area contributed by atoms with Gasteiger partial charge in [0.2, 0.25) is 5.17 Å². The number of nitrogens with zero attached hydrogens (tertiary/aromatic N) is 3. The molecule has 8 heteroatoms. The quantitative estimate of drug-likeness (QED) is 0.309. The summed E-state index contributed by atoms with van der Waals surface area (Å²) >= 11 is 1.33. The van der Waals surface area contributed by atoms with Gasteiger partial charge in [-0.05, 0) is 42.0 Å². The zero-order chi connectivity index (χ0) is 24.1. The summed E-state index contributed by atoms with van der Waals surface area (Å²) in [5, 5.41) is 15.7. The van der Waals surface area contributed by atoms with Gasteiger partial charge in [0.1, 0.15) is 29.8 Å². The molecular formula is C26H26N4O3S. The fourth-order valence-electron chi connectivity index (χ4n) is 3.40. The van der Waals surface area contributed by atoms with Crippen LogP contribution in [0.1, 0.15) is 25.0 Å². The summed E-state index contributed by atoms with van der Waals surface area (Å²) in [5.41, 5.74) is 1.92. The lowest BCUT2D eigenvalue weighted by Crippen LogP contribution is -2.35. The van der Waals surface area contributed by atoms with Gasteiger partial charge in [0.05, 0.1) is 5.57 Å². The Labute approximate surface area is 203 Å². The molecule has 1 N–H and O–H groups in total. The van der Waals surface area contributed by atoms with Gasteiger partial charge < -0.3 is 9.47 Å². The van der Waals surface area contributed by atoms with Gasteiger partial charge in [-0.3, -0.25) is 10.2 Å². The molecule has 0 unspecified atom stereocenters. The van der Waals surface area contributed by atoms with Crippen molar-refractivity contribution in [3.05, 3.63) is 77.9 Å². The molecule has 2 aromatic carbocycles. The number of carbonyl (C=O) groups excluding carboxylic acids is 1. The summed E-state index contributed by atoms with van der Waals surface area (Å²) in [6.45, 7) is 8.50. The second kappa shape index (κ2) is 10.5. The lowest BCUT2D eigenvalue weighted by atomic mass is 10.1. The molecule has 0 radical (unpaired) electrons. The van der Waals surface area contributed by atoms with Gasteiger partial charge in [0.25, 0.3) is 5.91 Å². The minimum absolute atomic E-state index is 0.00936. The normalized spacial score (nSPS) is 16.4. The predicted octanol–water partition coefficient (Wildman–Crippen LogP) is 5.15. The maximum Gasteiger partial charge on any atom is 0.283 e. The van der Waals surface area contributed by atoms with E-state index in [9.17, 15) is 4.79 Å². The van der Waals surface area contributed by atoms with Gasteiger partial charge >= 0.3 is 0 Å². The fraction of sp³-hybridized carbons (Fsp3) is 0.231. The van der Waals surface area contributed by atoms with Crippen LogP contribution in [0.3, 0.4) is 0 Å². The van der Waals surface area contributed by atoms with E-state index >= 15 is 0 Å². The molecule has 0 saturated carbocycles. The van der Waals surface area contributed by atoms with E-state index in [4.69, 9.17) is 14.9 Å². The van der Waals surface area contributed by atoms with Crippen LogP contribution in [0.2, 0.25) is 0 Å². The van der Waals surface area contributed by atoms with Gasteiger partial charge in [-0.2, -0.15) is 15.1 Å². The number of nitrogens with one attached hydrogen (secondary N) is 1. The average Bonchev–Trinajstić information content (AvgIpc) is 3.26. The second-order valence-corrected chi connectivity index (χ2v) is 8.94.